The number of hydrogen-bond acceptors (Lipinski definition) is 2. The lowest BCUT2D eigenvalue weighted by atomic mass is 9.96. The molecule has 1 aliphatic carbocycles. The molecule has 3 nitrogen and oxygen atoms in total. The first-order valence-electron chi connectivity index (χ1n) is 5.97. The van der Waals surface area contributed by atoms with Gasteiger partial charge in [0, 0.05) is 17.1 Å². The van der Waals surface area contributed by atoms with Gasteiger partial charge in [0.1, 0.15) is 0 Å². The Bertz CT molecular complexity index is 594. The van der Waals surface area contributed by atoms with Crippen molar-refractivity contribution in [3.63, 3.8) is 0 Å². The van der Waals surface area contributed by atoms with Crippen LogP contribution in [0.2, 0.25) is 0 Å². The third-order valence-corrected chi connectivity index (χ3v) is 3.69. The van der Waals surface area contributed by atoms with Crippen LogP contribution >= 0.6 is 0 Å². The van der Waals surface area contributed by atoms with Crippen molar-refractivity contribution < 1.29 is 5.11 Å². The maximum Gasteiger partial charge on any atom is 0.0991 e. The van der Waals surface area contributed by atoms with E-state index in [1.165, 1.54) is 5.56 Å². The zero-order chi connectivity index (χ0) is 11.8. The highest BCUT2D eigenvalue weighted by Crippen LogP contribution is 2.38. The molecule has 0 saturated heterocycles. The predicted octanol–water partition coefficient (Wildman–Crippen LogP) is 2.67. The van der Waals surface area contributed by atoms with Gasteiger partial charge >= 0.3 is 0 Å². The number of fused-ring (bicyclic) bond motifs is 1. The molecule has 1 fully saturated rings. The Morgan fingerprint density at radius 2 is 2.24 bits per heavy atom. The molecule has 1 heterocycles. The predicted molar refractivity (Wildman–Crippen MR) is 65.6 cm³/mol. The standard InChI is InChI=1S/C14H14N2O/c15-7-9-1-4-14-12(5-9)13(8-16-14)10-2-3-11(17)6-10/h1,4-5,8,10-11,16-17H,2-3,6H2/t10-,11+/m1/s1. The van der Waals surface area contributed by atoms with Gasteiger partial charge in [-0.1, -0.05) is 0 Å². The van der Waals surface area contributed by atoms with Crippen molar-refractivity contribution in [2.24, 2.45) is 0 Å². The van der Waals surface area contributed by atoms with Crippen LogP contribution in [0.25, 0.3) is 10.9 Å². The third-order valence-electron chi connectivity index (χ3n) is 3.69. The van der Waals surface area contributed by atoms with E-state index < -0.39 is 0 Å². The molecule has 1 aromatic heterocycles. The molecular weight excluding hydrogens is 212 g/mol. The molecule has 2 aromatic rings. The molecule has 2 atom stereocenters. The van der Waals surface area contributed by atoms with Crippen LogP contribution in [0.3, 0.4) is 0 Å². The minimum atomic E-state index is -0.163. The number of nitriles is 1. The number of nitrogens with zero attached hydrogens (tertiary/aromatic N) is 1. The van der Waals surface area contributed by atoms with Crippen molar-refractivity contribution in [3.05, 3.63) is 35.5 Å². The number of aromatic nitrogens is 1. The minimum Gasteiger partial charge on any atom is -0.393 e. The Kier molecular flexibility index (Phi) is 2.38. The molecular formula is C14H14N2O. The van der Waals surface area contributed by atoms with Crippen LogP contribution in [0.15, 0.2) is 24.4 Å². The Balaban J connectivity index is 2.08. The number of aliphatic hydroxyl groups is 1. The number of benzene rings is 1. The van der Waals surface area contributed by atoms with E-state index in [0.29, 0.717) is 11.5 Å². The summed E-state index contributed by atoms with van der Waals surface area (Å²) in [4.78, 5) is 3.24. The molecule has 1 aliphatic rings. The maximum absolute atomic E-state index is 9.61. The third kappa shape index (κ3) is 1.71. The number of H-pyrrole nitrogens is 1. The molecule has 1 saturated carbocycles. The molecule has 0 amide bonds. The highest BCUT2D eigenvalue weighted by atomic mass is 16.3. The van der Waals surface area contributed by atoms with Crippen LogP contribution < -0.4 is 0 Å². The van der Waals surface area contributed by atoms with Crippen molar-refractivity contribution >= 4 is 10.9 Å². The van der Waals surface area contributed by atoms with Gasteiger partial charge in [-0.25, -0.2) is 0 Å². The molecule has 3 rings (SSSR count). The van der Waals surface area contributed by atoms with Crippen LogP contribution in [-0.4, -0.2) is 16.2 Å². The lowest BCUT2D eigenvalue weighted by Crippen LogP contribution is -1.99. The van der Waals surface area contributed by atoms with E-state index in [9.17, 15) is 5.11 Å². The largest absolute Gasteiger partial charge is 0.393 e. The second kappa shape index (κ2) is 3.90. The summed E-state index contributed by atoms with van der Waals surface area (Å²) in [5, 5.41) is 19.7. The van der Waals surface area contributed by atoms with Crippen molar-refractivity contribution in [2.45, 2.75) is 31.3 Å². The molecule has 0 bridgehead atoms. The fourth-order valence-electron chi connectivity index (χ4n) is 2.79. The highest BCUT2D eigenvalue weighted by Gasteiger charge is 2.26. The van der Waals surface area contributed by atoms with Gasteiger partial charge in [-0.3, -0.25) is 0 Å². The molecule has 3 heteroatoms. The lowest BCUT2D eigenvalue weighted by Gasteiger charge is -2.07. The molecule has 2 N–H and O–H groups in total. The van der Waals surface area contributed by atoms with Gasteiger partial charge in [-0.2, -0.15) is 5.26 Å². The molecule has 0 radical (unpaired) electrons. The first-order valence-corrected chi connectivity index (χ1v) is 5.97. The van der Waals surface area contributed by atoms with Crippen LogP contribution in [0.5, 0.6) is 0 Å². The summed E-state index contributed by atoms with van der Waals surface area (Å²) < 4.78 is 0. The normalized spacial score (nSPS) is 24.0. The second-order valence-corrected chi connectivity index (χ2v) is 4.78. The van der Waals surface area contributed by atoms with Crippen LogP contribution in [0.1, 0.15) is 36.3 Å². The average Bonchev–Trinajstić information content (AvgIpc) is 2.93. The first-order chi connectivity index (χ1) is 8.28. The monoisotopic (exact) mass is 226 g/mol. The molecule has 17 heavy (non-hydrogen) atoms. The van der Waals surface area contributed by atoms with E-state index in [-0.39, 0.29) is 6.10 Å². The van der Waals surface area contributed by atoms with E-state index in [0.717, 1.165) is 30.2 Å². The smallest absolute Gasteiger partial charge is 0.0991 e. The Labute approximate surface area is 99.7 Å². The van der Waals surface area contributed by atoms with Gasteiger partial charge < -0.3 is 10.1 Å². The van der Waals surface area contributed by atoms with Crippen molar-refractivity contribution in [1.29, 1.82) is 5.26 Å². The zero-order valence-corrected chi connectivity index (χ0v) is 9.48. The lowest BCUT2D eigenvalue weighted by molar-refractivity contribution is 0.181. The minimum absolute atomic E-state index is 0.163. The van der Waals surface area contributed by atoms with Crippen molar-refractivity contribution in [3.8, 4) is 6.07 Å². The van der Waals surface area contributed by atoms with Crippen LogP contribution in [-0.2, 0) is 0 Å². The summed E-state index contributed by atoms with van der Waals surface area (Å²) in [5.41, 5.74) is 3.01. The van der Waals surface area contributed by atoms with Gasteiger partial charge in [0.05, 0.1) is 17.7 Å². The van der Waals surface area contributed by atoms with Crippen LogP contribution in [0, 0.1) is 11.3 Å². The number of nitrogens with one attached hydrogen (secondary N) is 1. The SMILES string of the molecule is N#Cc1ccc2[nH]cc([C@@H]3CC[C@H](O)C3)c2c1. The van der Waals surface area contributed by atoms with E-state index in [1.54, 1.807) is 0 Å². The Hall–Kier alpha value is -1.79. The fourth-order valence-corrected chi connectivity index (χ4v) is 2.79. The van der Waals surface area contributed by atoms with Gasteiger partial charge in [-0.05, 0) is 48.9 Å². The van der Waals surface area contributed by atoms with Crippen LogP contribution in [0.4, 0.5) is 0 Å². The van der Waals surface area contributed by atoms with Gasteiger partial charge in [0.2, 0.25) is 0 Å². The van der Waals surface area contributed by atoms with E-state index in [1.807, 2.05) is 24.4 Å². The fraction of sp³-hybridized carbons (Fsp3) is 0.357. The van der Waals surface area contributed by atoms with Crippen molar-refractivity contribution in [2.75, 3.05) is 0 Å². The summed E-state index contributed by atoms with van der Waals surface area (Å²) >= 11 is 0. The van der Waals surface area contributed by atoms with E-state index in [4.69, 9.17) is 5.26 Å². The quantitative estimate of drug-likeness (QED) is 0.785. The Morgan fingerprint density at radius 3 is 2.94 bits per heavy atom. The summed E-state index contributed by atoms with van der Waals surface area (Å²) in [6.45, 7) is 0. The zero-order valence-electron chi connectivity index (χ0n) is 9.48. The second-order valence-electron chi connectivity index (χ2n) is 4.78. The Morgan fingerprint density at radius 1 is 1.35 bits per heavy atom. The van der Waals surface area contributed by atoms with E-state index in [2.05, 4.69) is 11.1 Å². The number of aromatic amines is 1. The first kappa shape index (κ1) is 10.4. The van der Waals surface area contributed by atoms with Gasteiger partial charge in [0.25, 0.3) is 0 Å². The molecule has 86 valence electrons. The molecule has 1 aromatic carbocycles. The molecule has 0 aliphatic heterocycles. The van der Waals surface area contributed by atoms with Gasteiger partial charge in [-0.15, -0.1) is 0 Å². The highest BCUT2D eigenvalue weighted by molar-refractivity contribution is 5.85. The summed E-state index contributed by atoms with van der Waals surface area (Å²) in [6, 6.07) is 7.88. The van der Waals surface area contributed by atoms with Gasteiger partial charge in [0.15, 0.2) is 0 Å². The number of aliphatic hydroxyl groups excluding tert-OH is 1. The number of rotatable bonds is 1. The summed E-state index contributed by atoms with van der Waals surface area (Å²) in [5.74, 6) is 0.424. The summed E-state index contributed by atoms with van der Waals surface area (Å²) in [7, 11) is 0. The van der Waals surface area contributed by atoms with E-state index >= 15 is 0 Å². The molecule has 0 unspecified atom stereocenters. The number of hydrogen-bond donors (Lipinski definition) is 2. The summed E-state index contributed by atoms with van der Waals surface area (Å²) in [6.07, 6.45) is 4.61. The van der Waals surface area contributed by atoms with Crippen molar-refractivity contribution in [1.82, 2.24) is 4.98 Å². The average molecular weight is 226 g/mol. The maximum atomic E-state index is 9.61. The molecule has 0 spiro atoms. The topological polar surface area (TPSA) is 59.8 Å².